The van der Waals surface area contributed by atoms with E-state index in [4.69, 9.17) is 0 Å². The normalized spacial score (nSPS) is 19.1. The lowest BCUT2D eigenvalue weighted by Gasteiger charge is -2.32. The van der Waals surface area contributed by atoms with E-state index in [1.54, 1.807) is 13.8 Å². The molecule has 1 aliphatic heterocycles. The number of hydrogen-bond acceptors (Lipinski definition) is 4. The summed E-state index contributed by atoms with van der Waals surface area (Å²) in [7, 11) is 2.16. The van der Waals surface area contributed by atoms with Crippen molar-refractivity contribution in [2.24, 2.45) is 0 Å². The van der Waals surface area contributed by atoms with Gasteiger partial charge in [-0.15, -0.1) is 0 Å². The molecule has 0 radical (unpaired) electrons. The molecule has 100 valence electrons. The Labute approximate surface area is 109 Å². The molecule has 18 heavy (non-hydrogen) atoms. The predicted molar refractivity (Wildman–Crippen MR) is 72.3 cm³/mol. The Morgan fingerprint density at radius 2 is 1.89 bits per heavy atom. The third-order valence-electron chi connectivity index (χ3n) is 3.45. The van der Waals surface area contributed by atoms with E-state index in [0.29, 0.717) is 0 Å². The van der Waals surface area contributed by atoms with Gasteiger partial charge < -0.3 is 10.0 Å². The third-order valence-corrected chi connectivity index (χ3v) is 3.45. The zero-order chi connectivity index (χ0) is 13.2. The van der Waals surface area contributed by atoms with Crippen LogP contribution in [0, 0.1) is 0 Å². The summed E-state index contributed by atoms with van der Waals surface area (Å²) >= 11 is 0. The fraction of sp³-hybridized carbons (Fsp3) is 0.643. The van der Waals surface area contributed by atoms with Crippen LogP contribution >= 0.6 is 0 Å². The molecule has 0 unspecified atom stereocenters. The van der Waals surface area contributed by atoms with Gasteiger partial charge in [0.05, 0.1) is 5.69 Å². The SMILES string of the molecule is CN1CCN(Cc2ccc(C(C)(C)O)nc2)CC1. The smallest absolute Gasteiger partial charge is 0.101 e. The highest BCUT2D eigenvalue weighted by Crippen LogP contribution is 2.17. The third kappa shape index (κ3) is 3.51. The first kappa shape index (κ1) is 13.5. The number of hydrogen-bond donors (Lipinski definition) is 1. The van der Waals surface area contributed by atoms with Crippen molar-refractivity contribution in [3.8, 4) is 0 Å². The van der Waals surface area contributed by atoms with Gasteiger partial charge in [-0.25, -0.2) is 0 Å². The van der Waals surface area contributed by atoms with Crippen molar-refractivity contribution >= 4 is 0 Å². The van der Waals surface area contributed by atoms with Gasteiger partial charge in [0.2, 0.25) is 0 Å². The van der Waals surface area contributed by atoms with Gasteiger partial charge >= 0.3 is 0 Å². The van der Waals surface area contributed by atoms with Gasteiger partial charge in [-0.3, -0.25) is 9.88 Å². The standard InChI is InChI=1S/C14H23N3O/c1-14(2,18)13-5-4-12(10-15-13)11-17-8-6-16(3)7-9-17/h4-5,10,18H,6-9,11H2,1-3H3. The van der Waals surface area contributed by atoms with E-state index >= 15 is 0 Å². The highest BCUT2D eigenvalue weighted by Gasteiger charge is 2.18. The van der Waals surface area contributed by atoms with E-state index in [2.05, 4.69) is 27.9 Å². The quantitative estimate of drug-likeness (QED) is 0.869. The van der Waals surface area contributed by atoms with E-state index in [1.807, 2.05) is 12.3 Å². The van der Waals surface area contributed by atoms with Crippen LogP contribution in [0.1, 0.15) is 25.1 Å². The lowest BCUT2D eigenvalue weighted by atomic mass is 10.0. The van der Waals surface area contributed by atoms with Crippen molar-refractivity contribution < 1.29 is 5.11 Å². The first-order valence-corrected chi connectivity index (χ1v) is 6.54. The van der Waals surface area contributed by atoms with Crippen molar-refractivity contribution in [1.29, 1.82) is 0 Å². The summed E-state index contributed by atoms with van der Waals surface area (Å²) in [5.41, 5.74) is 1.09. The molecule has 0 bridgehead atoms. The number of rotatable bonds is 3. The van der Waals surface area contributed by atoms with Gasteiger partial charge in [-0.1, -0.05) is 6.07 Å². The summed E-state index contributed by atoms with van der Waals surface area (Å²) in [5.74, 6) is 0. The summed E-state index contributed by atoms with van der Waals surface area (Å²) in [5, 5.41) is 9.85. The molecule has 2 rings (SSSR count). The first-order valence-electron chi connectivity index (χ1n) is 6.54. The van der Waals surface area contributed by atoms with Crippen LogP contribution in [0.2, 0.25) is 0 Å². The molecule has 1 N–H and O–H groups in total. The van der Waals surface area contributed by atoms with Gasteiger partial charge in [-0.05, 0) is 32.5 Å². The van der Waals surface area contributed by atoms with E-state index in [1.165, 1.54) is 5.56 Å². The van der Waals surface area contributed by atoms with Crippen LogP contribution in [0.15, 0.2) is 18.3 Å². The maximum Gasteiger partial charge on any atom is 0.101 e. The van der Waals surface area contributed by atoms with Crippen LogP contribution in [0.4, 0.5) is 0 Å². The van der Waals surface area contributed by atoms with Crippen LogP contribution < -0.4 is 0 Å². The van der Waals surface area contributed by atoms with Crippen LogP contribution in [0.3, 0.4) is 0 Å². The monoisotopic (exact) mass is 249 g/mol. The predicted octanol–water partition coefficient (Wildman–Crippen LogP) is 1.06. The molecular formula is C14H23N3O. The number of likely N-dealkylation sites (N-methyl/N-ethyl adjacent to an activating group) is 1. The minimum Gasteiger partial charge on any atom is -0.384 e. The lowest BCUT2D eigenvalue weighted by molar-refractivity contribution is 0.0737. The molecule has 0 atom stereocenters. The highest BCUT2D eigenvalue weighted by molar-refractivity contribution is 5.17. The Hall–Kier alpha value is -0.970. The van der Waals surface area contributed by atoms with Crippen LogP contribution in [0.25, 0.3) is 0 Å². The Morgan fingerprint density at radius 1 is 1.22 bits per heavy atom. The fourth-order valence-electron chi connectivity index (χ4n) is 2.14. The van der Waals surface area contributed by atoms with E-state index in [0.717, 1.165) is 38.4 Å². The Balaban J connectivity index is 1.94. The zero-order valence-corrected chi connectivity index (χ0v) is 11.6. The largest absolute Gasteiger partial charge is 0.384 e. The second kappa shape index (κ2) is 5.34. The Kier molecular flexibility index (Phi) is 4.00. The van der Waals surface area contributed by atoms with Crippen molar-refractivity contribution in [3.63, 3.8) is 0 Å². The maximum absolute atomic E-state index is 9.85. The molecule has 0 saturated carbocycles. The molecule has 4 nitrogen and oxygen atoms in total. The van der Waals surface area contributed by atoms with Crippen molar-refractivity contribution in [1.82, 2.24) is 14.8 Å². The molecule has 0 spiro atoms. The zero-order valence-electron chi connectivity index (χ0n) is 11.6. The molecule has 1 saturated heterocycles. The van der Waals surface area contributed by atoms with Crippen LogP contribution in [0.5, 0.6) is 0 Å². The molecule has 1 aromatic rings. The summed E-state index contributed by atoms with van der Waals surface area (Å²) in [6.45, 7) is 8.97. The van der Waals surface area contributed by atoms with E-state index < -0.39 is 5.60 Å². The van der Waals surface area contributed by atoms with Crippen LogP contribution in [-0.2, 0) is 12.1 Å². The summed E-state index contributed by atoms with van der Waals surface area (Å²) in [6, 6.07) is 3.99. The van der Waals surface area contributed by atoms with Crippen LogP contribution in [-0.4, -0.2) is 53.1 Å². The van der Waals surface area contributed by atoms with Crippen molar-refractivity contribution in [3.05, 3.63) is 29.6 Å². The number of piperazine rings is 1. The number of pyridine rings is 1. The lowest BCUT2D eigenvalue weighted by Crippen LogP contribution is -2.43. The molecule has 4 heteroatoms. The van der Waals surface area contributed by atoms with Crippen molar-refractivity contribution in [2.75, 3.05) is 33.2 Å². The summed E-state index contributed by atoms with van der Waals surface area (Å²) < 4.78 is 0. The molecule has 0 amide bonds. The Bertz CT molecular complexity index is 375. The van der Waals surface area contributed by atoms with Crippen molar-refractivity contribution in [2.45, 2.75) is 26.0 Å². The van der Waals surface area contributed by atoms with Gasteiger partial charge in [0.25, 0.3) is 0 Å². The van der Waals surface area contributed by atoms with Gasteiger partial charge in [-0.2, -0.15) is 0 Å². The highest BCUT2D eigenvalue weighted by atomic mass is 16.3. The number of aliphatic hydroxyl groups is 1. The first-order chi connectivity index (χ1) is 8.45. The summed E-state index contributed by atoms with van der Waals surface area (Å²) in [4.78, 5) is 9.14. The topological polar surface area (TPSA) is 39.6 Å². The minimum atomic E-state index is -0.855. The Morgan fingerprint density at radius 3 is 2.39 bits per heavy atom. The average molecular weight is 249 g/mol. The van der Waals surface area contributed by atoms with E-state index in [9.17, 15) is 5.11 Å². The molecule has 1 aliphatic rings. The van der Waals surface area contributed by atoms with E-state index in [-0.39, 0.29) is 0 Å². The molecule has 0 aromatic carbocycles. The second-order valence-electron chi connectivity index (χ2n) is 5.69. The summed E-state index contributed by atoms with van der Waals surface area (Å²) in [6.07, 6.45) is 1.88. The molecule has 1 aromatic heterocycles. The van der Waals surface area contributed by atoms with Gasteiger partial charge in [0.1, 0.15) is 5.60 Å². The molecule has 1 fully saturated rings. The molecule has 2 heterocycles. The second-order valence-corrected chi connectivity index (χ2v) is 5.69. The maximum atomic E-state index is 9.85. The van der Waals surface area contributed by atoms with Gasteiger partial charge in [0, 0.05) is 38.9 Å². The fourth-order valence-corrected chi connectivity index (χ4v) is 2.14. The average Bonchev–Trinajstić information content (AvgIpc) is 2.32. The van der Waals surface area contributed by atoms with Gasteiger partial charge in [0.15, 0.2) is 0 Å². The number of nitrogens with zero attached hydrogens (tertiary/aromatic N) is 3. The number of aromatic nitrogens is 1. The minimum absolute atomic E-state index is 0.727. The molecule has 0 aliphatic carbocycles. The molecular weight excluding hydrogens is 226 g/mol.